The number of rotatable bonds is 6. The van der Waals surface area contributed by atoms with Crippen molar-refractivity contribution in [3.05, 3.63) is 57.6 Å². The first-order chi connectivity index (χ1) is 13.3. The third-order valence-electron chi connectivity index (χ3n) is 5.02. The average molecular weight is 469 g/mol. The van der Waals surface area contributed by atoms with Gasteiger partial charge in [-0.15, -0.1) is 12.4 Å². The van der Waals surface area contributed by atoms with Gasteiger partial charge in [0.25, 0.3) is 0 Å². The van der Waals surface area contributed by atoms with Gasteiger partial charge in [0, 0.05) is 19.6 Å². The van der Waals surface area contributed by atoms with E-state index in [1.54, 1.807) is 6.07 Å². The number of nitrogens with zero attached hydrogens (tertiary/aromatic N) is 3. The zero-order valence-corrected chi connectivity index (χ0v) is 18.3. The molecule has 0 saturated heterocycles. The minimum atomic E-state index is -4.31. The first kappa shape index (κ1) is 24.1. The second kappa shape index (κ2) is 10.2. The van der Waals surface area contributed by atoms with Gasteiger partial charge in [0.05, 0.1) is 5.56 Å². The van der Waals surface area contributed by atoms with E-state index in [1.165, 1.54) is 12.1 Å². The van der Waals surface area contributed by atoms with Crippen molar-refractivity contribution < 1.29 is 13.2 Å². The normalized spacial score (nSPS) is 15.2. The maximum absolute atomic E-state index is 12.9. The molecule has 0 amide bonds. The number of halogens is 6. The largest absolute Gasteiger partial charge is 0.416 e. The number of hydrogen-bond donors (Lipinski definition) is 0. The predicted molar refractivity (Wildman–Crippen MR) is 114 cm³/mol. The summed E-state index contributed by atoms with van der Waals surface area (Å²) in [6.45, 7) is 5.18. The van der Waals surface area contributed by atoms with Crippen LogP contribution in [0.1, 0.15) is 36.2 Å². The Hall–Kier alpha value is -1.21. The van der Waals surface area contributed by atoms with Crippen LogP contribution in [0.25, 0.3) is 5.57 Å². The lowest BCUT2D eigenvalue weighted by Crippen LogP contribution is -2.29. The number of alkyl halides is 3. The summed E-state index contributed by atoms with van der Waals surface area (Å²) >= 11 is 12.1. The van der Waals surface area contributed by atoms with Crippen LogP contribution in [0.4, 0.5) is 13.2 Å². The Morgan fingerprint density at radius 2 is 1.86 bits per heavy atom. The molecule has 0 atom stereocenters. The fourth-order valence-corrected chi connectivity index (χ4v) is 3.91. The molecule has 1 aromatic heterocycles. The SMILES string of the molecule is Cc1nc(Cl)c(Cl)n1CCCCN1CC=C(c2cccc(C(F)(F)F)c2)CC1.Cl. The van der Waals surface area contributed by atoms with Crippen molar-refractivity contribution in [3.63, 3.8) is 0 Å². The first-order valence-electron chi connectivity index (χ1n) is 9.23. The van der Waals surface area contributed by atoms with E-state index in [0.29, 0.717) is 15.9 Å². The van der Waals surface area contributed by atoms with Crippen molar-refractivity contribution in [2.24, 2.45) is 0 Å². The highest BCUT2D eigenvalue weighted by Crippen LogP contribution is 2.32. The smallest absolute Gasteiger partial charge is 0.318 e. The van der Waals surface area contributed by atoms with E-state index in [0.717, 1.165) is 62.9 Å². The molecule has 3 rings (SSSR count). The standard InChI is InChI=1S/C20H22Cl2F3N3.ClH/c1-14-26-18(21)19(22)28(14)10-3-2-9-27-11-7-15(8-12-27)16-5-4-6-17(13-16)20(23,24)25;/h4-7,13H,2-3,8-12H2,1H3;1H. The summed E-state index contributed by atoms with van der Waals surface area (Å²) in [7, 11) is 0. The van der Waals surface area contributed by atoms with Gasteiger partial charge in [0.1, 0.15) is 11.0 Å². The van der Waals surface area contributed by atoms with Gasteiger partial charge < -0.3 is 4.57 Å². The molecule has 0 bridgehead atoms. The molecule has 9 heteroatoms. The summed E-state index contributed by atoms with van der Waals surface area (Å²) < 4.78 is 40.6. The van der Waals surface area contributed by atoms with Crippen molar-refractivity contribution in [2.45, 2.75) is 38.9 Å². The van der Waals surface area contributed by atoms with Crippen LogP contribution < -0.4 is 0 Å². The number of unbranched alkanes of at least 4 members (excludes halogenated alkanes) is 1. The highest BCUT2D eigenvalue weighted by molar-refractivity contribution is 6.40. The molecule has 0 unspecified atom stereocenters. The van der Waals surface area contributed by atoms with Crippen LogP contribution in [0.5, 0.6) is 0 Å². The average Bonchev–Trinajstić information content (AvgIpc) is 2.91. The van der Waals surface area contributed by atoms with E-state index >= 15 is 0 Å². The lowest BCUT2D eigenvalue weighted by molar-refractivity contribution is -0.137. The van der Waals surface area contributed by atoms with E-state index < -0.39 is 11.7 Å². The summed E-state index contributed by atoms with van der Waals surface area (Å²) in [5, 5.41) is 0.813. The molecular weight excluding hydrogens is 446 g/mol. The quantitative estimate of drug-likeness (QED) is 0.451. The third kappa shape index (κ3) is 6.14. The fourth-order valence-electron chi connectivity index (χ4n) is 3.44. The monoisotopic (exact) mass is 467 g/mol. The number of aromatic nitrogens is 2. The third-order valence-corrected chi connectivity index (χ3v) is 5.76. The zero-order valence-electron chi connectivity index (χ0n) is 16.0. The Bertz CT molecular complexity index is 862. The summed E-state index contributed by atoms with van der Waals surface area (Å²) in [6, 6.07) is 5.57. The summed E-state index contributed by atoms with van der Waals surface area (Å²) in [5.74, 6) is 0.807. The highest BCUT2D eigenvalue weighted by atomic mass is 35.5. The summed E-state index contributed by atoms with van der Waals surface area (Å²) in [4.78, 5) is 6.46. The Morgan fingerprint density at radius 3 is 2.45 bits per heavy atom. The van der Waals surface area contributed by atoms with Gasteiger partial charge in [0.15, 0.2) is 5.15 Å². The first-order valence-corrected chi connectivity index (χ1v) is 9.98. The Labute approximate surface area is 184 Å². The van der Waals surface area contributed by atoms with E-state index in [-0.39, 0.29) is 12.4 Å². The maximum Gasteiger partial charge on any atom is 0.416 e. The van der Waals surface area contributed by atoms with E-state index in [2.05, 4.69) is 9.88 Å². The lowest BCUT2D eigenvalue weighted by atomic mass is 9.97. The molecule has 3 nitrogen and oxygen atoms in total. The van der Waals surface area contributed by atoms with E-state index in [1.807, 2.05) is 17.6 Å². The van der Waals surface area contributed by atoms with Gasteiger partial charge in [0.2, 0.25) is 0 Å². The zero-order chi connectivity index (χ0) is 20.3. The molecule has 2 aromatic rings. The number of aryl methyl sites for hydroxylation is 1. The molecule has 0 saturated carbocycles. The van der Waals surface area contributed by atoms with Crippen LogP contribution in [0, 0.1) is 6.92 Å². The minimum absolute atomic E-state index is 0. The predicted octanol–water partition coefficient (Wildman–Crippen LogP) is 6.51. The molecule has 160 valence electrons. The molecule has 1 aliphatic heterocycles. The molecule has 2 heterocycles. The summed E-state index contributed by atoms with van der Waals surface area (Å²) in [5.41, 5.74) is 1.05. The van der Waals surface area contributed by atoms with Crippen molar-refractivity contribution in [1.82, 2.24) is 14.5 Å². The Kier molecular flexibility index (Phi) is 8.47. The molecule has 0 N–H and O–H groups in total. The molecular formula is C20H23Cl3F3N3. The lowest BCUT2D eigenvalue weighted by Gasteiger charge is -2.26. The second-order valence-corrected chi connectivity index (χ2v) is 7.67. The van der Waals surface area contributed by atoms with Crippen molar-refractivity contribution in [1.29, 1.82) is 0 Å². The van der Waals surface area contributed by atoms with Gasteiger partial charge >= 0.3 is 6.18 Å². The molecule has 0 fully saturated rings. The number of hydrogen-bond acceptors (Lipinski definition) is 2. The van der Waals surface area contributed by atoms with Gasteiger partial charge in [-0.05, 0) is 56.0 Å². The topological polar surface area (TPSA) is 21.1 Å². The fraction of sp³-hybridized carbons (Fsp3) is 0.450. The van der Waals surface area contributed by atoms with Crippen LogP contribution in [-0.2, 0) is 12.7 Å². The molecule has 29 heavy (non-hydrogen) atoms. The minimum Gasteiger partial charge on any atom is -0.318 e. The maximum atomic E-state index is 12.9. The molecule has 0 spiro atoms. The Balaban J connectivity index is 0.00000300. The van der Waals surface area contributed by atoms with Crippen LogP contribution in [-0.4, -0.2) is 34.1 Å². The number of imidazole rings is 1. The summed E-state index contributed by atoms with van der Waals surface area (Å²) in [6.07, 6.45) is 0.434. The number of benzene rings is 1. The highest BCUT2D eigenvalue weighted by Gasteiger charge is 2.30. The molecule has 1 aliphatic rings. The van der Waals surface area contributed by atoms with E-state index in [9.17, 15) is 13.2 Å². The van der Waals surface area contributed by atoms with Crippen LogP contribution in [0.2, 0.25) is 10.3 Å². The van der Waals surface area contributed by atoms with Crippen LogP contribution in [0.3, 0.4) is 0 Å². The van der Waals surface area contributed by atoms with Crippen molar-refractivity contribution in [2.75, 3.05) is 19.6 Å². The molecule has 0 aliphatic carbocycles. The van der Waals surface area contributed by atoms with E-state index in [4.69, 9.17) is 23.2 Å². The van der Waals surface area contributed by atoms with Gasteiger partial charge in [-0.1, -0.05) is 41.4 Å². The molecule has 0 radical (unpaired) electrons. The Morgan fingerprint density at radius 1 is 1.14 bits per heavy atom. The second-order valence-electron chi connectivity index (χ2n) is 6.96. The van der Waals surface area contributed by atoms with Gasteiger partial charge in [-0.3, -0.25) is 4.90 Å². The van der Waals surface area contributed by atoms with Gasteiger partial charge in [-0.2, -0.15) is 13.2 Å². The van der Waals surface area contributed by atoms with Gasteiger partial charge in [-0.25, -0.2) is 4.98 Å². The van der Waals surface area contributed by atoms with Crippen molar-refractivity contribution in [3.8, 4) is 0 Å². The van der Waals surface area contributed by atoms with Crippen molar-refractivity contribution >= 4 is 41.2 Å². The molecule has 1 aromatic carbocycles. The van der Waals surface area contributed by atoms with Crippen LogP contribution >= 0.6 is 35.6 Å². The van der Waals surface area contributed by atoms with Crippen LogP contribution in [0.15, 0.2) is 30.3 Å².